The quantitative estimate of drug-likeness (QED) is 0.736. The van der Waals surface area contributed by atoms with E-state index in [0.29, 0.717) is 12.8 Å². The summed E-state index contributed by atoms with van der Waals surface area (Å²) in [4.78, 5) is 24.4. The van der Waals surface area contributed by atoms with Crippen LogP contribution in [0.5, 0.6) is 0 Å². The molecule has 2 atom stereocenters. The van der Waals surface area contributed by atoms with Crippen LogP contribution in [0.1, 0.15) is 39.5 Å². The van der Waals surface area contributed by atoms with Crippen LogP contribution in [0.3, 0.4) is 0 Å². The monoisotopic (exact) mass is 212 g/mol. The van der Waals surface area contributed by atoms with Crippen LogP contribution >= 0.6 is 0 Å². The maximum Gasteiger partial charge on any atom is 0.222 e. The number of hydrogen-bond acceptors (Lipinski definition) is 2. The molecule has 0 spiro atoms. The zero-order valence-corrected chi connectivity index (χ0v) is 9.53. The van der Waals surface area contributed by atoms with Crippen molar-refractivity contribution in [3.63, 3.8) is 0 Å². The molecule has 1 saturated heterocycles. The van der Waals surface area contributed by atoms with Gasteiger partial charge in [-0.15, -0.1) is 0 Å². The lowest BCUT2D eigenvalue weighted by atomic mass is 9.97. The third kappa shape index (κ3) is 2.94. The van der Waals surface area contributed by atoms with Gasteiger partial charge in [0.25, 0.3) is 0 Å². The van der Waals surface area contributed by atoms with E-state index in [9.17, 15) is 9.59 Å². The van der Waals surface area contributed by atoms with Crippen molar-refractivity contribution >= 4 is 11.8 Å². The molecule has 0 radical (unpaired) electrons. The second kappa shape index (κ2) is 5.14. The van der Waals surface area contributed by atoms with Crippen molar-refractivity contribution in [2.24, 2.45) is 11.7 Å². The topological polar surface area (TPSA) is 63.4 Å². The van der Waals surface area contributed by atoms with Gasteiger partial charge in [-0.2, -0.15) is 0 Å². The van der Waals surface area contributed by atoms with Crippen molar-refractivity contribution in [3.8, 4) is 0 Å². The molecule has 0 aromatic heterocycles. The third-order valence-electron chi connectivity index (χ3n) is 3.16. The van der Waals surface area contributed by atoms with E-state index >= 15 is 0 Å². The van der Waals surface area contributed by atoms with Gasteiger partial charge in [-0.25, -0.2) is 0 Å². The molecule has 1 heterocycles. The number of nitrogens with zero attached hydrogens (tertiary/aromatic N) is 1. The predicted octanol–water partition coefficient (Wildman–Crippen LogP) is 0.899. The summed E-state index contributed by atoms with van der Waals surface area (Å²) >= 11 is 0. The van der Waals surface area contributed by atoms with Gasteiger partial charge in [-0.1, -0.05) is 6.92 Å². The summed E-state index contributed by atoms with van der Waals surface area (Å²) in [5, 5.41) is 0. The molecule has 1 aliphatic heterocycles. The Bertz CT molecular complexity index is 253. The molecular weight excluding hydrogens is 192 g/mol. The van der Waals surface area contributed by atoms with Crippen molar-refractivity contribution in [1.82, 2.24) is 4.90 Å². The molecule has 15 heavy (non-hydrogen) atoms. The molecule has 4 nitrogen and oxygen atoms in total. The summed E-state index contributed by atoms with van der Waals surface area (Å²) in [6.45, 7) is 4.78. The molecule has 0 aromatic carbocycles. The fraction of sp³-hybridized carbons (Fsp3) is 0.818. The summed E-state index contributed by atoms with van der Waals surface area (Å²) < 4.78 is 0. The first kappa shape index (κ1) is 12.0. The van der Waals surface area contributed by atoms with E-state index < -0.39 is 0 Å². The van der Waals surface area contributed by atoms with Crippen LogP contribution in [0, 0.1) is 5.92 Å². The van der Waals surface area contributed by atoms with Crippen LogP contribution < -0.4 is 5.73 Å². The van der Waals surface area contributed by atoms with Gasteiger partial charge in [0.2, 0.25) is 11.8 Å². The highest BCUT2D eigenvalue weighted by Gasteiger charge is 2.27. The normalized spacial score (nSPS) is 20.4. The Labute approximate surface area is 90.8 Å². The smallest absolute Gasteiger partial charge is 0.222 e. The number of carbonyl (C=O) groups is 2. The maximum atomic E-state index is 11.5. The van der Waals surface area contributed by atoms with Gasteiger partial charge in [0.1, 0.15) is 0 Å². The lowest BCUT2D eigenvalue weighted by molar-refractivity contribution is -0.131. The SMILES string of the molecule is CCC(CC(C)N1CCCC1=O)C(N)=O. The molecule has 0 saturated carbocycles. The Morgan fingerprint density at radius 3 is 2.67 bits per heavy atom. The summed E-state index contributed by atoms with van der Waals surface area (Å²) in [6.07, 6.45) is 3.04. The number of carbonyl (C=O) groups excluding carboxylic acids is 2. The minimum absolute atomic E-state index is 0.103. The van der Waals surface area contributed by atoms with Crippen LogP contribution in [0.2, 0.25) is 0 Å². The van der Waals surface area contributed by atoms with E-state index in [2.05, 4.69) is 0 Å². The number of hydrogen-bond donors (Lipinski definition) is 1. The van der Waals surface area contributed by atoms with E-state index in [1.807, 2.05) is 18.7 Å². The zero-order chi connectivity index (χ0) is 11.4. The maximum absolute atomic E-state index is 11.5. The first-order valence-electron chi connectivity index (χ1n) is 5.65. The van der Waals surface area contributed by atoms with Crippen LogP contribution in [-0.4, -0.2) is 29.3 Å². The molecule has 0 aromatic rings. The van der Waals surface area contributed by atoms with E-state index in [0.717, 1.165) is 19.4 Å². The molecule has 1 aliphatic rings. The van der Waals surface area contributed by atoms with Crippen LogP contribution in [-0.2, 0) is 9.59 Å². The highest BCUT2D eigenvalue weighted by molar-refractivity contribution is 5.79. The average molecular weight is 212 g/mol. The third-order valence-corrected chi connectivity index (χ3v) is 3.16. The van der Waals surface area contributed by atoms with Crippen LogP contribution in [0.25, 0.3) is 0 Å². The minimum Gasteiger partial charge on any atom is -0.369 e. The molecule has 1 fully saturated rings. The molecule has 2 unspecified atom stereocenters. The van der Waals surface area contributed by atoms with Crippen molar-refractivity contribution in [2.75, 3.05) is 6.54 Å². The van der Waals surface area contributed by atoms with Gasteiger partial charge in [-0.05, 0) is 26.2 Å². The van der Waals surface area contributed by atoms with E-state index in [4.69, 9.17) is 5.73 Å². The second-order valence-corrected chi connectivity index (χ2v) is 4.28. The molecule has 86 valence electrons. The van der Waals surface area contributed by atoms with Gasteiger partial charge >= 0.3 is 0 Å². The molecule has 0 aliphatic carbocycles. The van der Waals surface area contributed by atoms with E-state index in [-0.39, 0.29) is 23.8 Å². The summed E-state index contributed by atoms with van der Waals surface area (Å²) in [6, 6.07) is 0.137. The molecule has 2 amide bonds. The number of nitrogens with two attached hydrogens (primary N) is 1. The van der Waals surface area contributed by atoms with E-state index in [1.165, 1.54) is 0 Å². The number of rotatable bonds is 5. The van der Waals surface area contributed by atoms with Crippen molar-refractivity contribution in [3.05, 3.63) is 0 Å². The Kier molecular flexibility index (Phi) is 4.12. The standard InChI is InChI=1S/C11H20N2O2/c1-3-9(11(12)15)7-8(2)13-6-4-5-10(13)14/h8-9H,3-7H2,1-2H3,(H2,12,15). The first-order chi connectivity index (χ1) is 7.06. The largest absolute Gasteiger partial charge is 0.369 e. The Balaban J connectivity index is 2.49. The van der Waals surface area contributed by atoms with Crippen molar-refractivity contribution < 1.29 is 9.59 Å². The van der Waals surface area contributed by atoms with E-state index in [1.54, 1.807) is 0 Å². The second-order valence-electron chi connectivity index (χ2n) is 4.28. The number of amides is 2. The van der Waals surface area contributed by atoms with Crippen LogP contribution in [0.4, 0.5) is 0 Å². The fourth-order valence-corrected chi connectivity index (χ4v) is 2.16. The summed E-state index contributed by atoms with van der Waals surface area (Å²) in [5.41, 5.74) is 5.29. The molecule has 4 heteroatoms. The number of primary amides is 1. The van der Waals surface area contributed by atoms with Crippen molar-refractivity contribution in [2.45, 2.75) is 45.6 Å². The lowest BCUT2D eigenvalue weighted by Gasteiger charge is -2.26. The predicted molar refractivity (Wildman–Crippen MR) is 58.0 cm³/mol. The van der Waals surface area contributed by atoms with Crippen LogP contribution in [0.15, 0.2) is 0 Å². The summed E-state index contributed by atoms with van der Waals surface area (Å²) in [7, 11) is 0. The minimum atomic E-state index is -0.254. The summed E-state index contributed by atoms with van der Waals surface area (Å²) in [5.74, 6) is -0.147. The Hall–Kier alpha value is -1.06. The van der Waals surface area contributed by atoms with Gasteiger partial charge in [0.05, 0.1) is 0 Å². The average Bonchev–Trinajstić information content (AvgIpc) is 2.60. The van der Waals surface area contributed by atoms with Gasteiger partial charge in [0, 0.05) is 24.9 Å². The molecule has 0 bridgehead atoms. The van der Waals surface area contributed by atoms with Crippen molar-refractivity contribution in [1.29, 1.82) is 0 Å². The molecule has 1 rings (SSSR count). The fourth-order valence-electron chi connectivity index (χ4n) is 2.16. The Morgan fingerprint density at radius 2 is 2.27 bits per heavy atom. The highest BCUT2D eigenvalue weighted by Crippen LogP contribution is 2.20. The Morgan fingerprint density at radius 1 is 1.60 bits per heavy atom. The van der Waals surface area contributed by atoms with Gasteiger partial charge < -0.3 is 10.6 Å². The zero-order valence-electron chi connectivity index (χ0n) is 9.53. The van der Waals surface area contributed by atoms with Gasteiger partial charge in [-0.3, -0.25) is 9.59 Å². The highest BCUT2D eigenvalue weighted by atomic mass is 16.2. The van der Waals surface area contributed by atoms with Gasteiger partial charge in [0.15, 0.2) is 0 Å². The first-order valence-corrected chi connectivity index (χ1v) is 5.65. The lowest BCUT2D eigenvalue weighted by Crippen LogP contribution is -2.37. The molecule has 2 N–H and O–H groups in total. The molecular formula is C11H20N2O2. The number of likely N-dealkylation sites (tertiary alicyclic amines) is 1.